The van der Waals surface area contributed by atoms with Gasteiger partial charge in [0.2, 0.25) is 0 Å². The van der Waals surface area contributed by atoms with Crippen LogP contribution in [0, 0.1) is 21.4 Å². The van der Waals surface area contributed by atoms with Gasteiger partial charge in [-0.15, -0.1) is 0 Å². The molecule has 8 nitrogen and oxygen atoms in total. The highest BCUT2D eigenvalue weighted by molar-refractivity contribution is 6.30. The SMILES string of the molecule is COc1cc(/C=C(/C#N)C(=O)Nc2ccc(Cl)cc2)c([N+](=O)[O-])cc1OCc1ccccc1. The number of amides is 1. The van der Waals surface area contributed by atoms with Crippen molar-refractivity contribution in [2.24, 2.45) is 0 Å². The van der Waals surface area contributed by atoms with E-state index in [0.717, 1.165) is 11.6 Å². The maximum Gasteiger partial charge on any atom is 0.280 e. The molecular formula is C24H18ClN3O5. The first-order chi connectivity index (χ1) is 15.9. The van der Waals surface area contributed by atoms with Crippen molar-refractivity contribution in [3.8, 4) is 17.6 Å². The number of rotatable bonds is 8. The molecule has 0 spiro atoms. The van der Waals surface area contributed by atoms with Crippen molar-refractivity contribution in [1.82, 2.24) is 0 Å². The summed E-state index contributed by atoms with van der Waals surface area (Å²) < 4.78 is 11.0. The highest BCUT2D eigenvalue weighted by Gasteiger charge is 2.21. The highest BCUT2D eigenvalue weighted by atomic mass is 35.5. The van der Waals surface area contributed by atoms with Crippen LogP contribution < -0.4 is 14.8 Å². The molecule has 0 bridgehead atoms. The molecule has 166 valence electrons. The minimum Gasteiger partial charge on any atom is -0.493 e. The van der Waals surface area contributed by atoms with Crippen LogP contribution in [0.4, 0.5) is 11.4 Å². The number of nitro benzene ring substituents is 1. The lowest BCUT2D eigenvalue weighted by molar-refractivity contribution is -0.385. The summed E-state index contributed by atoms with van der Waals surface area (Å²) in [6, 6.07) is 19.9. The molecule has 3 aromatic carbocycles. The lowest BCUT2D eigenvalue weighted by Gasteiger charge is -2.12. The minimum absolute atomic E-state index is 0.0201. The standard InChI is InChI=1S/C24H18ClN3O5/c1-32-22-12-17(11-18(14-26)24(29)27-20-9-7-19(25)8-10-20)21(28(30)31)13-23(22)33-15-16-5-3-2-4-6-16/h2-13H,15H2,1H3,(H,27,29)/b18-11-. The lowest BCUT2D eigenvalue weighted by Crippen LogP contribution is -2.13. The summed E-state index contributed by atoms with van der Waals surface area (Å²) in [5.41, 5.74) is 0.643. The van der Waals surface area contributed by atoms with E-state index in [1.807, 2.05) is 30.3 Å². The Labute approximate surface area is 194 Å². The van der Waals surface area contributed by atoms with Gasteiger partial charge in [0.05, 0.1) is 23.7 Å². The molecule has 0 saturated heterocycles. The third-order valence-corrected chi connectivity index (χ3v) is 4.77. The summed E-state index contributed by atoms with van der Waals surface area (Å²) in [6.45, 7) is 0.177. The molecule has 0 radical (unpaired) electrons. The summed E-state index contributed by atoms with van der Waals surface area (Å²) in [6.07, 6.45) is 1.13. The van der Waals surface area contributed by atoms with Crippen molar-refractivity contribution in [3.63, 3.8) is 0 Å². The number of hydrogen-bond acceptors (Lipinski definition) is 6. The van der Waals surface area contributed by atoms with Gasteiger partial charge in [-0.2, -0.15) is 5.26 Å². The Balaban J connectivity index is 1.92. The topological polar surface area (TPSA) is 114 Å². The molecule has 0 aliphatic carbocycles. The molecule has 3 rings (SSSR count). The minimum atomic E-state index is -0.725. The van der Waals surface area contributed by atoms with Crippen molar-refractivity contribution < 1.29 is 19.2 Å². The number of hydrogen-bond donors (Lipinski definition) is 1. The van der Waals surface area contributed by atoms with Gasteiger partial charge in [-0.3, -0.25) is 14.9 Å². The Hall–Kier alpha value is -4.35. The van der Waals surface area contributed by atoms with Crippen LogP contribution in [0.5, 0.6) is 11.5 Å². The van der Waals surface area contributed by atoms with E-state index in [4.69, 9.17) is 21.1 Å². The molecule has 0 aliphatic rings. The van der Waals surface area contributed by atoms with Gasteiger partial charge in [-0.25, -0.2) is 0 Å². The molecule has 0 fully saturated rings. The van der Waals surface area contributed by atoms with E-state index in [1.54, 1.807) is 30.3 Å². The summed E-state index contributed by atoms with van der Waals surface area (Å²) >= 11 is 5.83. The molecule has 0 aliphatic heterocycles. The molecule has 1 N–H and O–H groups in total. The Morgan fingerprint density at radius 1 is 1.15 bits per heavy atom. The van der Waals surface area contributed by atoms with Crippen LogP contribution in [0.15, 0.2) is 72.3 Å². The molecule has 0 atom stereocenters. The fourth-order valence-electron chi connectivity index (χ4n) is 2.88. The van der Waals surface area contributed by atoms with Crippen LogP contribution in [0.3, 0.4) is 0 Å². The zero-order valence-electron chi connectivity index (χ0n) is 17.4. The number of carbonyl (C=O) groups is 1. The first kappa shape index (κ1) is 23.3. The third kappa shape index (κ3) is 6.09. The normalized spacial score (nSPS) is 10.8. The Bertz CT molecular complexity index is 1240. The molecule has 0 saturated carbocycles. The number of nitriles is 1. The first-order valence-corrected chi connectivity index (χ1v) is 10.0. The summed E-state index contributed by atoms with van der Waals surface area (Å²) in [5, 5.41) is 24.2. The zero-order chi connectivity index (χ0) is 23.8. The third-order valence-electron chi connectivity index (χ3n) is 4.51. The smallest absolute Gasteiger partial charge is 0.280 e. The van der Waals surface area contributed by atoms with E-state index in [9.17, 15) is 20.2 Å². The van der Waals surface area contributed by atoms with Crippen molar-refractivity contribution in [1.29, 1.82) is 5.26 Å². The Morgan fingerprint density at radius 3 is 2.45 bits per heavy atom. The van der Waals surface area contributed by atoms with E-state index in [2.05, 4.69) is 5.32 Å². The summed E-state index contributed by atoms with van der Waals surface area (Å²) in [7, 11) is 1.39. The highest BCUT2D eigenvalue weighted by Crippen LogP contribution is 2.36. The van der Waals surface area contributed by atoms with Crippen molar-refractivity contribution in [2.45, 2.75) is 6.61 Å². The van der Waals surface area contributed by atoms with Crippen LogP contribution in [-0.2, 0) is 11.4 Å². The number of anilines is 1. The molecule has 33 heavy (non-hydrogen) atoms. The quantitative estimate of drug-likeness (QED) is 0.207. The zero-order valence-corrected chi connectivity index (χ0v) is 18.2. The largest absolute Gasteiger partial charge is 0.493 e. The second-order valence-corrected chi connectivity index (χ2v) is 7.16. The number of nitrogens with one attached hydrogen (secondary N) is 1. The predicted octanol–water partition coefficient (Wildman–Crippen LogP) is 5.38. The van der Waals surface area contributed by atoms with Gasteiger partial charge in [0.25, 0.3) is 11.6 Å². The Morgan fingerprint density at radius 2 is 1.85 bits per heavy atom. The second-order valence-electron chi connectivity index (χ2n) is 6.72. The molecule has 0 aromatic heterocycles. The van der Waals surface area contributed by atoms with Crippen molar-refractivity contribution >= 4 is 35.0 Å². The Kier molecular flexibility index (Phi) is 7.63. The van der Waals surface area contributed by atoms with E-state index in [1.165, 1.54) is 19.2 Å². The average molecular weight is 464 g/mol. The monoisotopic (exact) mass is 463 g/mol. The van der Waals surface area contributed by atoms with Crippen molar-refractivity contribution in [3.05, 3.63) is 98.6 Å². The first-order valence-electron chi connectivity index (χ1n) is 9.63. The van der Waals surface area contributed by atoms with Gasteiger partial charge in [0, 0.05) is 10.7 Å². The van der Waals surface area contributed by atoms with Gasteiger partial charge in [0.15, 0.2) is 11.5 Å². The van der Waals surface area contributed by atoms with Crippen LogP contribution in [-0.4, -0.2) is 17.9 Å². The summed E-state index contributed by atoms with van der Waals surface area (Å²) in [5.74, 6) is -0.343. The molecule has 1 amide bonds. The van der Waals surface area contributed by atoms with E-state index in [-0.39, 0.29) is 34.9 Å². The number of benzene rings is 3. The van der Waals surface area contributed by atoms with Gasteiger partial charge in [-0.05, 0) is 42.0 Å². The molecule has 0 unspecified atom stereocenters. The second kappa shape index (κ2) is 10.8. The van der Waals surface area contributed by atoms with Crippen LogP contribution >= 0.6 is 11.6 Å². The number of nitro groups is 1. The number of carbonyl (C=O) groups excluding carboxylic acids is 1. The van der Waals surface area contributed by atoms with Crippen LogP contribution in [0.25, 0.3) is 6.08 Å². The van der Waals surface area contributed by atoms with Gasteiger partial charge in [0.1, 0.15) is 18.2 Å². The van der Waals surface area contributed by atoms with Gasteiger partial charge in [-0.1, -0.05) is 41.9 Å². The van der Waals surface area contributed by atoms with Gasteiger partial charge < -0.3 is 14.8 Å². The number of halogens is 1. The van der Waals surface area contributed by atoms with E-state index >= 15 is 0 Å². The summed E-state index contributed by atoms with van der Waals surface area (Å²) in [4.78, 5) is 23.6. The van der Waals surface area contributed by atoms with Crippen LogP contribution in [0.1, 0.15) is 11.1 Å². The molecular weight excluding hydrogens is 446 g/mol. The molecule has 9 heteroatoms. The fourth-order valence-corrected chi connectivity index (χ4v) is 3.01. The number of nitrogens with zero attached hydrogens (tertiary/aromatic N) is 2. The predicted molar refractivity (Wildman–Crippen MR) is 124 cm³/mol. The lowest BCUT2D eigenvalue weighted by atomic mass is 10.1. The average Bonchev–Trinajstić information content (AvgIpc) is 2.83. The van der Waals surface area contributed by atoms with Crippen LogP contribution in [0.2, 0.25) is 5.02 Å². The molecule has 0 heterocycles. The number of methoxy groups -OCH3 is 1. The van der Waals surface area contributed by atoms with E-state index in [0.29, 0.717) is 10.7 Å². The van der Waals surface area contributed by atoms with E-state index < -0.39 is 10.8 Å². The maximum atomic E-state index is 12.5. The maximum absolute atomic E-state index is 12.5. The van der Waals surface area contributed by atoms with Crippen molar-refractivity contribution in [2.75, 3.05) is 12.4 Å². The fraction of sp³-hybridized carbons (Fsp3) is 0.0833. The molecule has 3 aromatic rings. The van der Waals surface area contributed by atoms with Gasteiger partial charge >= 0.3 is 0 Å². The number of ether oxygens (including phenoxy) is 2.